The summed E-state index contributed by atoms with van der Waals surface area (Å²) < 4.78 is 10.1. The van der Waals surface area contributed by atoms with Crippen molar-refractivity contribution in [2.45, 2.75) is 20.8 Å². The van der Waals surface area contributed by atoms with Gasteiger partial charge in [-0.25, -0.2) is 9.59 Å². The Labute approximate surface area is 182 Å². The van der Waals surface area contributed by atoms with Crippen molar-refractivity contribution in [2.24, 2.45) is 0 Å². The normalized spacial score (nSPS) is 10.8. The predicted octanol–water partition coefficient (Wildman–Crippen LogP) is 5.37. The summed E-state index contributed by atoms with van der Waals surface area (Å²) in [5.74, 6) is -1.73. The van der Waals surface area contributed by atoms with Gasteiger partial charge in [-0.05, 0) is 44.5 Å². The highest BCUT2D eigenvalue weighted by Gasteiger charge is 2.27. The van der Waals surface area contributed by atoms with Crippen molar-refractivity contribution in [1.82, 2.24) is 0 Å². The van der Waals surface area contributed by atoms with Gasteiger partial charge in [0.15, 0.2) is 0 Å². The monoisotopic (exact) mass is 455 g/mol. The van der Waals surface area contributed by atoms with E-state index < -0.39 is 17.8 Å². The predicted molar refractivity (Wildman–Crippen MR) is 115 cm³/mol. The number of carbonyl (C=O) groups is 3. The molecule has 1 heterocycles. The van der Waals surface area contributed by atoms with Gasteiger partial charge in [0.25, 0.3) is 0 Å². The van der Waals surface area contributed by atoms with Crippen molar-refractivity contribution in [3.8, 4) is 0 Å². The van der Waals surface area contributed by atoms with Crippen LogP contribution in [0.5, 0.6) is 0 Å². The number of halogens is 2. The highest BCUT2D eigenvalue weighted by Crippen LogP contribution is 2.34. The van der Waals surface area contributed by atoms with E-state index in [-0.39, 0.29) is 28.7 Å². The second kappa shape index (κ2) is 10.4. The number of esters is 2. The minimum Gasteiger partial charge on any atom is -0.462 e. The maximum Gasteiger partial charge on any atom is 0.348 e. The summed E-state index contributed by atoms with van der Waals surface area (Å²) in [5.41, 5.74) is 1.00. The first-order valence-corrected chi connectivity index (χ1v) is 10.3. The molecule has 0 unspecified atom stereocenters. The minimum atomic E-state index is -0.634. The molecule has 154 valence electrons. The lowest BCUT2D eigenvalue weighted by molar-refractivity contribution is -0.111. The smallest absolute Gasteiger partial charge is 0.348 e. The van der Waals surface area contributed by atoms with Gasteiger partial charge in [0.05, 0.1) is 18.8 Å². The van der Waals surface area contributed by atoms with E-state index in [4.69, 9.17) is 32.7 Å². The van der Waals surface area contributed by atoms with Crippen LogP contribution in [0.2, 0.25) is 10.0 Å². The summed E-state index contributed by atoms with van der Waals surface area (Å²) in [6.07, 6.45) is 2.71. The summed E-state index contributed by atoms with van der Waals surface area (Å²) in [6.45, 7) is 5.29. The third-order valence-corrected chi connectivity index (χ3v) is 5.57. The first-order valence-electron chi connectivity index (χ1n) is 8.70. The van der Waals surface area contributed by atoms with E-state index in [0.717, 1.165) is 11.3 Å². The summed E-state index contributed by atoms with van der Waals surface area (Å²) in [4.78, 5) is 37.2. The van der Waals surface area contributed by atoms with Crippen molar-refractivity contribution in [2.75, 3.05) is 18.5 Å². The molecular formula is C20H19Cl2NO5S. The van der Waals surface area contributed by atoms with Crippen molar-refractivity contribution in [3.05, 3.63) is 55.9 Å². The number of ether oxygens (including phenoxy) is 2. The molecule has 0 spiro atoms. The molecule has 1 aromatic carbocycles. The first-order chi connectivity index (χ1) is 13.8. The molecule has 0 aliphatic carbocycles. The fourth-order valence-electron chi connectivity index (χ4n) is 2.42. The lowest BCUT2D eigenvalue weighted by atomic mass is 10.1. The molecule has 0 atom stereocenters. The van der Waals surface area contributed by atoms with Crippen LogP contribution in [0, 0.1) is 6.92 Å². The van der Waals surface area contributed by atoms with Gasteiger partial charge >= 0.3 is 11.9 Å². The topological polar surface area (TPSA) is 81.7 Å². The van der Waals surface area contributed by atoms with Crippen molar-refractivity contribution >= 4 is 63.5 Å². The Kier molecular flexibility index (Phi) is 8.25. The molecule has 2 rings (SSSR count). The van der Waals surface area contributed by atoms with Gasteiger partial charge in [-0.1, -0.05) is 29.3 Å². The van der Waals surface area contributed by atoms with Crippen molar-refractivity contribution in [3.63, 3.8) is 0 Å². The molecule has 2 aromatic rings. The van der Waals surface area contributed by atoms with Gasteiger partial charge in [-0.3, -0.25) is 4.79 Å². The molecule has 0 radical (unpaired) electrons. The average molecular weight is 456 g/mol. The zero-order valence-electron chi connectivity index (χ0n) is 16.0. The summed E-state index contributed by atoms with van der Waals surface area (Å²) in [7, 11) is 0. The highest BCUT2D eigenvalue weighted by molar-refractivity contribution is 7.18. The lowest BCUT2D eigenvalue weighted by Crippen LogP contribution is -2.13. The van der Waals surface area contributed by atoms with Gasteiger partial charge < -0.3 is 14.8 Å². The second-order valence-electron chi connectivity index (χ2n) is 5.66. The van der Waals surface area contributed by atoms with E-state index in [2.05, 4.69) is 5.32 Å². The number of nitrogens with one attached hydrogen (secondary N) is 1. The van der Waals surface area contributed by atoms with E-state index in [1.54, 1.807) is 39.0 Å². The molecule has 0 aliphatic heterocycles. The van der Waals surface area contributed by atoms with Crippen molar-refractivity contribution < 1.29 is 23.9 Å². The molecule has 1 N–H and O–H groups in total. The molecule has 0 aliphatic rings. The van der Waals surface area contributed by atoms with E-state index in [0.29, 0.717) is 21.2 Å². The van der Waals surface area contributed by atoms with E-state index in [1.807, 2.05) is 0 Å². The third-order valence-electron chi connectivity index (χ3n) is 3.72. The number of anilines is 1. The number of thiophene rings is 1. The molecule has 0 saturated heterocycles. The molecule has 1 amide bonds. The summed E-state index contributed by atoms with van der Waals surface area (Å²) in [5, 5.41) is 3.60. The SMILES string of the molecule is CCOC(=O)c1sc(NC(=O)C=Cc2c(Cl)cccc2Cl)c(C(=O)OCC)c1C. The van der Waals surface area contributed by atoms with E-state index >= 15 is 0 Å². The van der Waals surface area contributed by atoms with Crippen LogP contribution < -0.4 is 5.32 Å². The summed E-state index contributed by atoms with van der Waals surface area (Å²) >= 11 is 13.1. The lowest BCUT2D eigenvalue weighted by Gasteiger charge is -2.06. The Balaban J connectivity index is 2.33. The van der Waals surface area contributed by atoms with E-state index in [1.165, 1.54) is 12.2 Å². The van der Waals surface area contributed by atoms with E-state index in [9.17, 15) is 14.4 Å². The standard InChI is InChI=1S/C20H19Cl2NO5S/c1-4-27-19(25)16-11(3)17(20(26)28-5-2)29-18(16)23-15(24)10-9-12-13(21)7-6-8-14(12)22/h6-10H,4-5H2,1-3H3,(H,23,24). The molecule has 9 heteroatoms. The zero-order chi connectivity index (χ0) is 21.6. The largest absolute Gasteiger partial charge is 0.462 e. The number of amides is 1. The average Bonchev–Trinajstić information content (AvgIpc) is 2.97. The van der Waals surface area contributed by atoms with Crippen LogP contribution in [0.15, 0.2) is 24.3 Å². The van der Waals surface area contributed by atoms with Crippen LogP contribution in [-0.2, 0) is 14.3 Å². The van der Waals surface area contributed by atoms with Crippen molar-refractivity contribution in [1.29, 1.82) is 0 Å². The minimum absolute atomic E-state index is 0.123. The fraction of sp³-hybridized carbons (Fsp3) is 0.250. The second-order valence-corrected chi connectivity index (χ2v) is 7.49. The molecule has 29 heavy (non-hydrogen) atoms. The fourth-order valence-corrected chi connectivity index (χ4v) is 4.04. The Morgan fingerprint density at radius 1 is 1.07 bits per heavy atom. The highest BCUT2D eigenvalue weighted by atomic mass is 35.5. The maximum atomic E-state index is 12.4. The summed E-state index contributed by atoms with van der Waals surface area (Å²) in [6, 6.07) is 5.00. The molecule has 6 nitrogen and oxygen atoms in total. The van der Waals surface area contributed by atoms with Gasteiger partial charge in [0, 0.05) is 21.7 Å². The number of hydrogen-bond acceptors (Lipinski definition) is 6. The Morgan fingerprint density at radius 2 is 1.66 bits per heavy atom. The molecule has 0 fully saturated rings. The number of benzene rings is 1. The molecule has 1 aromatic heterocycles. The third kappa shape index (κ3) is 5.59. The van der Waals surface area contributed by atoms with Crippen LogP contribution in [-0.4, -0.2) is 31.1 Å². The van der Waals surface area contributed by atoms with Crippen LogP contribution in [0.3, 0.4) is 0 Å². The first kappa shape index (κ1) is 22.9. The molecular weight excluding hydrogens is 437 g/mol. The molecule has 0 bridgehead atoms. The quantitative estimate of drug-likeness (QED) is 0.448. The van der Waals surface area contributed by atoms with Crippen LogP contribution in [0.25, 0.3) is 6.08 Å². The van der Waals surface area contributed by atoms with Gasteiger partial charge in [-0.2, -0.15) is 0 Å². The van der Waals surface area contributed by atoms with Crippen LogP contribution in [0.1, 0.15) is 45.0 Å². The van der Waals surface area contributed by atoms with Gasteiger partial charge in [0.2, 0.25) is 5.91 Å². The van der Waals surface area contributed by atoms with Crippen LogP contribution in [0.4, 0.5) is 5.00 Å². The number of hydrogen-bond donors (Lipinski definition) is 1. The maximum absolute atomic E-state index is 12.4. The van der Waals surface area contributed by atoms with Crippen LogP contribution >= 0.6 is 34.5 Å². The Hall–Kier alpha value is -2.35. The zero-order valence-corrected chi connectivity index (χ0v) is 18.3. The van der Waals surface area contributed by atoms with Gasteiger partial charge in [0.1, 0.15) is 9.88 Å². The number of rotatable bonds is 7. The molecule has 0 saturated carbocycles. The Morgan fingerprint density at radius 3 is 2.24 bits per heavy atom. The number of carbonyl (C=O) groups excluding carboxylic acids is 3. The Bertz CT molecular complexity index is 948. The van der Waals surface area contributed by atoms with Gasteiger partial charge in [-0.15, -0.1) is 11.3 Å².